The van der Waals surface area contributed by atoms with Crippen LogP contribution in [0.25, 0.3) is 0 Å². The number of esters is 1. The monoisotopic (exact) mass is 253 g/mol. The Kier molecular flexibility index (Phi) is 4.02. The van der Waals surface area contributed by atoms with E-state index in [2.05, 4.69) is 9.97 Å². The maximum atomic E-state index is 11.7. The summed E-state index contributed by atoms with van der Waals surface area (Å²) in [6, 6.07) is 1.83. The van der Waals surface area contributed by atoms with Gasteiger partial charge in [-0.05, 0) is 20.8 Å². The summed E-state index contributed by atoms with van der Waals surface area (Å²) in [6.45, 7) is 5.18. The first kappa shape index (κ1) is 13.4. The highest BCUT2D eigenvalue weighted by Crippen LogP contribution is 2.19. The molecule has 1 rings (SSSR count). The number of nitrogens with zero attached hydrogens (tertiary/aromatic N) is 3. The molecule has 5 nitrogen and oxygen atoms in total. The topological polar surface area (TPSA) is 75.9 Å². The third-order valence-corrected chi connectivity index (χ3v) is 1.87. The Morgan fingerprint density at radius 1 is 1.53 bits per heavy atom. The molecule has 0 spiro atoms. The van der Waals surface area contributed by atoms with E-state index in [0.29, 0.717) is 0 Å². The number of nitriles is 1. The summed E-state index contributed by atoms with van der Waals surface area (Å²) < 4.78 is 5.11. The van der Waals surface area contributed by atoms with Crippen LogP contribution in [-0.2, 0) is 9.53 Å². The number of hydrogen-bond donors (Lipinski definition) is 0. The molecule has 0 fully saturated rings. The maximum Gasteiger partial charge on any atom is 0.330 e. The average Bonchev–Trinajstić information content (AvgIpc) is 2.15. The first-order chi connectivity index (χ1) is 7.83. The Morgan fingerprint density at radius 3 is 2.65 bits per heavy atom. The van der Waals surface area contributed by atoms with Crippen LogP contribution in [0.2, 0.25) is 5.15 Å². The molecule has 0 aromatic carbocycles. The van der Waals surface area contributed by atoms with E-state index in [0.717, 1.165) is 0 Å². The molecule has 0 aliphatic rings. The zero-order valence-electron chi connectivity index (χ0n) is 9.77. The molecule has 1 heterocycles. The number of aromatic nitrogens is 2. The van der Waals surface area contributed by atoms with E-state index in [-0.39, 0.29) is 10.8 Å². The second kappa shape index (κ2) is 5.11. The lowest BCUT2D eigenvalue weighted by Gasteiger charge is -2.21. The first-order valence-corrected chi connectivity index (χ1v) is 5.31. The van der Waals surface area contributed by atoms with Gasteiger partial charge in [-0.1, -0.05) is 11.6 Å². The van der Waals surface area contributed by atoms with Gasteiger partial charge in [0.2, 0.25) is 0 Å². The summed E-state index contributed by atoms with van der Waals surface area (Å²) in [5.74, 6) is -1.77. The molecule has 0 radical (unpaired) electrons. The maximum absolute atomic E-state index is 11.7. The zero-order chi connectivity index (χ0) is 13.1. The number of carbonyl (C=O) groups excluding carboxylic acids is 1. The Morgan fingerprint density at radius 2 is 2.18 bits per heavy atom. The van der Waals surface area contributed by atoms with Crippen molar-refractivity contribution < 1.29 is 9.53 Å². The fourth-order valence-corrected chi connectivity index (χ4v) is 1.25. The standard InChI is InChI=1S/C11H12ClN3O2/c1-11(2,3)17-10(16)7(4-13)8-5-14-6-9(12)15-8/h5-7H,1-3H3. The Labute approximate surface area is 104 Å². The van der Waals surface area contributed by atoms with Crippen LogP contribution < -0.4 is 0 Å². The Balaban J connectivity index is 2.94. The van der Waals surface area contributed by atoms with Crippen molar-refractivity contribution in [1.29, 1.82) is 5.26 Å². The van der Waals surface area contributed by atoms with Gasteiger partial charge in [-0.25, -0.2) is 4.98 Å². The van der Waals surface area contributed by atoms with Crippen LogP contribution in [0, 0.1) is 11.3 Å². The number of ether oxygens (including phenoxy) is 1. The SMILES string of the molecule is CC(C)(C)OC(=O)C(C#N)c1cncc(Cl)n1. The van der Waals surface area contributed by atoms with Gasteiger partial charge < -0.3 is 4.74 Å². The van der Waals surface area contributed by atoms with Gasteiger partial charge in [-0.15, -0.1) is 0 Å². The molecule has 1 unspecified atom stereocenters. The minimum Gasteiger partial charge on any atom is -0.459 e. The second-order valence-corrected chi connectivity index (χ2v) is 4.75. The van der Waals surface area contributed by atoms with Gasteiger partial charge >= 0.3 is 5.97 Å². The quantitative estimate of drug-likeness (QED) is 0.754. The van der Waals surface area contributed by atoms with E-state index in [1.807, 2.05) is 6.07 Å². The molecular formula is C11H12ClN3O2. The van der Waals surface area contributed by atoms with Gasteiger partial charge in [-0.2, -0.15) is 5.26 Å². The third-order valence-electron chi connectivity index (χ3n) is 1.69. The van der Waals surface area contributed by atoms with Crippen LogP contribution in [0.5, 0.6) is 0 Å². The molecule has 0 bridgehead atoms. The highest BCUT2D eigenvalue weighted by molar-refractivity contribution is 6.29. The molecule has 90 valence electrons. The van der Waals surface area contributed by atoms with E-state index in [4.69, 9.17) is 21.6 Å². The molecule has 17 heavy (non-hydrogen) atoms. The van der Waals surface area contributed by atoms with Gasteiger partial charge in [-0.3, -0.25) is 9.78 Å². The summed E-state index contributed by atoms with van der Waals surface area (Å²) in [7, 11) is 0. The lowest BCUT2D eigenvalue weighted by Crippen LogP contribution is -2.27. The smallest absolute Gasteiger partial charge is 0.330 e. The van der Waals surface area contributed by atoms with Gasteiger partial charge in [0.1, 0.15) is 10.8 Å². The van der Waals surface area contributed by atoms with E-state index in [1.165, 1.54) is 12.4 Å². The summed E-state index contributed by atoms with van der Waals surface area (Å²) in [5, 5.41) is 9.11. The van der Waals surface area contributed by atoms with Crippen molar-refractivity contribution in [3.8, 4) is 6.07 Å². The van der Waals surface area contributed by atoms with Crippen molar-refractivity contribution in [3.63, 3.8) is 0 Å². The largest absolute Gasteiger partial charge is 0.459 e. The summed E-state index contributed by atoms with van der Waals surface area (Å²) in [6.07, 6.45) is 2.65. The van der Waals surface area contributed by atoms with Crippen molar-refractivity contribution in [1.82, 2.24) is 9.97 Å². The van der Waals surface area contributed by atoms with Crippen LogP contribution in [-0.4, -0.2) is 21.5 Å². The Bertz CT molecular complexity index is 463. The molecular weight excluding hydrogens is 242 g/mol. The van der Waals surface area contributed by atoms with Crippen LogP contribution in [0.15, 0.2) is 12.4 Å². The fourth-order valence-electron chi connectivity index (χ4n) is 1.10. The van der Waals surface area contributed by atoms with E-state index in [9.17, 15) is 4.79 Å². The van der Waals surface area contributed by atoms with Crippen molar-refractivity contribution >= 4 is 17.6 Å². The van der Waals surface area contributed by atoms with E-state index >= 15 is 0 Å². The molecule has 0 saturated heterocycles. The fraction of sp³-hybridized carbons (Fsp3) is 0.455. The molecule has 0 saturated carbocycles. The minimum atomic E-state index is -1.11. The van der Waals surface area contributed by atoms with Crippen molar-refractivity contribution in [2.24, 2.45) is 0 Å². The van der Waals surface area contributed by atoms with Crippen molar-refractivity contribution in [2.75, 3.05) is 0 Å². The Hall–Kier alpha value is -1.67. The predicted octanol–water partition coefficient (Wildman–Crippen LogP) is 2.08. The molecule has 0 N–H and O–H groups in total. The van der Waals surface area contributed by atoms with Gasteiger partial charge in [0.25, 0.3) is 0 Å². The molecule has 1 atom stereocenters. The molecule has 0 aliphatic heterocycles. The molecule has 1 aromatic rings. The predicted molar refractivity (Wildman–Crippen MR) is 61.2 cm³/mol. The van der Waals surface area contributed by atoms with E-state index in [1.54, 1.807) is 20.8 Å². The molecule has 0 aliphatic carbocycles. The van der Waals surface area contributed by atoms with Gasteiger partial charge in [0.15, 0.2) is 5.92 Å². The van der Waals surface area contributed by atoms with Crippen LogP contribution in [0.4, 0.5) is 0 Å². The second-order valence-electron chi connectivity index (χ2n) is 4.36. The third kappa shape index (κ3) is 4.00. The van der Waals surface area contributed by atoms with Gasteiger partial charge in [0.05, 0.1) is 24.2 Å². The van der Waals surface area contributed by atoms with Gasteiger partial charge in [0, 0.05) is 0 Å². The van der Waals surface area contributed by atoms with Crippen molar-refractivity contribution in [2.45, 2.75) is 32.3 Å². The lowest BCUT2D eigenvalue weighted by molar-refractivity contribution is -0.155. The average molecular weight is 254 g/mol. The normalized spacial score (nSPS) is 12.6. The summed E-state index contributed by atoms with van der Waals surface area (Å²) in [5.41, 5.74) is -0.465. The highest BCUT2D eigenvalue weighted by atomic mass is 35.5. The molecule has 6 heteroatoms. The van der Waals surface area contributed by atoms with E-state index < -0.39 is 17.5 Å². The number of carbonyl (C=O) groups is 1. The zero-order valence-corrected chi connectivity index (χ0v) is 10.5. The molecule has 0 amide bonds. The van der Waals surface area contributed by atoms with Crippen LogP contribution in [0.3, 0.4) is 0 Å². The lowest BCUT2D eigenvalue weighted by atomic mass is 10.1. The number of hydrogen-bond acceptors (Lipinski definition) is 5. The van der Waals surface area contributed by atoms with Crippen LogP contribution in [0.1, 0.15) is 32.4 Å². The number of halogens is 1. The first-order valence-electron chi connectivity index (χ1n) is 4.93. The molecule has 1 aromatic heterocycles. The highest BCUT2D eigenvalue weighted by Gasteiger charge is 2.28. The summed E-state index contributed by atoms with van der Waals surface area (Å²) in [4.78, 5) is 19.4. The van der Waals surface area contributed by atoms with Crippen molar-refractivity contribution in [3.05, 3.63) is 23.2 Å². The minimum absolute atomic E-state index is 0.131. The summed E-state index contributed by atoms with van der Waals surface area (Å²) >= 11 is 5.65. The van der Waals surface area contributed by atoms with Crippen LogP contribution >= 0.6 is 11.6 Å². The number of rotatable bonds is 2.